The molecule has 0 N–H and O–H groups in total. The van der Waals surface area contributed by atoms with Gasteiger partial charge in [0.15, 0.2) is 5.90 Å². The Morgan fingerprint density at radius 1 is 0.848 bits per heavy atom. The second kappa shape index (κ2) is 11.6. The smallest absolute Gasteiger partial charge is 0.485 e. The summed E-state index contributed by atoms with van der Waals surface area (Å²) in [4.78, 5) is 4.94. The third-order valence-corrected chi connectivity index (χ3v) is 8.00. The van der Waals surface area contributed by atoms with Gasteiger partial charge in [-0.05, 0) is 23.9 Å². The molecule has 0 amide bonds. The Morgan fingerprint density at radius 3 is 1.88 bits per heavy atom. The van der Waals surface area contributed by atoms with E-state index in [1.165, 1.54) is 15.9 Å². The van der Waals surface area contributed by atoms with Crippen LogP contribution in [0.15, 0.2) is 114 Å². The van der Waals surface area contributed by atoms with Gasteiger partial charge in [0.25, 0.3) is 0 Å². The molecule has 0 radical (unpaired) electrons. The SMILES string of the molecule is CC(C)(C)[C@@H]1COC([c-]2cccc2P(c2ccccc2)c2ccccc2)=N1.[Fe+2].c1cc[cH-]c1. The predicted molar refractivity (Wildman–Crippen MR) is 139 cm³/mol. The number of ether oxygens (including phenoxy) is 1. The Balaban J connectivity index is 0.000000453. The molecule has 0 saturated heterocycles. The van der Waals surface area contributed by atoms with Crippen LogP contribution in [0.25, 0.3) is 0 Å². The zero-order chi connectivity index (χ0) is 22.4. The molecule has 0 bridgehead atoms. The Morgan fingerprint density at radius 2 is 1.42 bits per heavy atom. The molecule has 1 aliphatic heterocycles. The van der Waals surface area contributed by atoms with Crippen LogP contribution in [0.5, 0.6) is 0 Å². The van der Waals surface area contributed by atoms with Crippen LogP contribution in [-0.2, 0) is 21.8 Å². The first-order valence-electron chi connectivity index (χ1n) is 11.1. The second-order valence-electron chi connectivity index (χ2n) is 8.92. The maximum atomic E-state index is 6.06. The summed E-state index contributed by atoms with van der Waals surface area (Å²) < 4.78 is 6.06. The fourth-order valence-corrected chi connectivity index (χ4v) is 6.09. The Bertz CT molecular complexity index is 1050. The molecule has 33 heavy (non-hydrogen) atoms. The molecule has 4 aromatic carbocycles. The van der Waals surface area contributed by atoms with Crippen LogP contribution in [0, 0.1) is 5.41 Å². The Kier molecular flexibility index (Phi) is 8.87. The summed E-state index contributed by atoms with van der Waals surface area (Å²) in [5.41, 5.74) is 1.25. The Hall–Kier alpha value is -2.44. The molecule has 170 valence electrons. The number of hydrogen-bond donors (Lipinski definition) is 0. The summed E-state index contributed by atoms with van der Waals surface area (Å²) in [7, 11) is -0.649. The molecule has 4 heteroatoms. The zero-order valence-electron chi connectivity index (χ0n) is 19.3. The predicted octanol–water partition coefficient (Wildman–Crippen LogP) is 5.76. The van der Waals surface area contributed by atoms with Gasteiger partial charge in [-0.25, -0.2) is 24.3 Å². The third-order valence-electron chi connectivity index (χ3n) is 5.50. The van der Waals surface area contributed by atoms with E-state index in [1.54, 1.807) is 0 Å². The van der Waals surface area contributed by atoms with E-state index in [1.807, 2.05) is 30.3 Å². The first kappa shape index (κ1) is 25.2. The van der Waals surface area contributed by atoms with Crippen molar-refractivity contribution in [3.8, 4) is 0 Å². The van der Waals surface area contributed by atoms with Crippen molar-refractivity contribution < 1.29 is 21.8 Å². The van der Waals surface area contributed by atoms with Crippen LogP contribution in [-0.4, -0.2) is 18.5 Å². The molecule has 0 fully saturated rings. The van der Waals surface area contributed by atoms with Crippen molar-refractivity contribution in [2.75, 3.05) is 6.61 Å². The van der Waals surface area contributed by atoms with E-state index in [9.17, 15) is 0 Å². The van der Waals surface area contributed by atoms with Gasteiger partial charge in [0.2, 0.25) is 0 Å². The van der Waals surface area contributed by atoms with Crippen LogP contribution in [0.2, 0.25) is 0 Å². The maximum absolute atomic E-state index is 6.06. The van der Waals surface area contributed by atoms with Crippen molar-refractivity contribution in [1.29, 1.82) is 0 Å². The average molecular weight is 495 g/mol. The molecule has 1 atom stereocenters. The average Bonchev–Trinajstić information content (AvgIpc) is 3.58. The summed E-state index contributed by atoms with van der Waals surface area (Å²) in [6.07, 6.45) is 0. The standard InChI is InChI=1S/C24H25NOP.C5H5.Fe/c1-24(2,3)22-17-26-23(25-22)20-15-10-16-21(20)27(18-11-6-4-7-12-18)19-13-8-5-9-14-19;1-2-4-5-3-1;/h4-16,22H,17H2,1-3H3;1-5H;/q2*-1;+2/t22-;;/m0../s1. The van der Waals surface area contributed by atoms with Gasteiger partial charge < -0.3 is 4.74 Å². The summed E-state index contributed by atoms with van der Waals surface area (Å²) >= 11 is 0. The quantitative estimate of drug-likeness (QED) is 0.201. The fourth-order valence-electron chi connectivity index (χ4n) is 3.65. The number of rotatable bonds is 4. The fraction of sp³-hybridized carbons (Fsp3) is 0.207. The van der Waals surface area contributed by atoms with Gasteiger partial charge in [0.1, 0.15) is 6.61 Å². The van der Waals surface area contributed by atoms with Crippen molar-refractivity contribution in [3.63, 3.8) is 0 Å². The van der Waals surface area contributed by atoms with Gasteiger partial charge in [-0.15, -0.1) is 5.30 Å². The molecule has 0 unspecified atom stereocenters. The molecule has 0 aliphatic carbocycles. The molecule has 1 aliphatic rings. The molecule has 2 nitrogen and oxygen atoms in total. The molecule has 5 rings (SSSR count). The van der Waals surface area contributed by atoms with Gasteiger partial charge in [0, 0.05) is 0 Å². The summed E-state index contributed by atoms with van der Waals surface area (Å²) in [6.45, 7) is 7.33. The molecular weight excluding hydrogens is 465 g/mol. The van der Waals surface area contributed by atoms with Crippen molar-refractivity contribution in [2.24, 2.45) is 10.4 Å². The van der Waals surface area contributed by atoms with Gasteiger partial charge >= 0.3 is 17.1 Å². The van der Waals surface area contributed by atoms with E-state index in [4.69, 9.17) is 9.73 Å². The van der Waals surface area contributed by atoms with Crippen molar-refractivity contribution in [2.45, 2.75) is 26.8 Å². The van der Waals surface area contributed by atoms with Gasteiger partial charge in [-0.3, -0.25) is 4.99 Å². The van der Waals surface area contributed by atoms with E-state index in [-0.39, 0.29) is 28.5 Å². The van der Waals surface area contributed by atoms with E-state index < -0.39 is 7.92 Å². The summed E-state index contributed by atoms with van der Waals surface area (Å²) in [5.74, 6) is 0.800. The Labute approximate surface area is 209 Å². The second-order valence-corrected chi connectivity index (χ2v) is 11.1. The van der Waals surface area contributed by atoms with Crippen LogP contribution < -0.4 is 15.9 Å². The van der Waals surface area contributed by atoms with Crippen molar-refractivity contribution >= 4 is 29.7 Å². The van der Waals surface area contributed by atoms with Gasteiger partial charge in [-0.2, -0.15) is 24.3 Å². The topological polar surface area (TPSA) is 21.6 Å². The maximum Gasteiger partial charge on any atom is 2.00 e. The van der Waals surface area contributed by atoms with E-state index >= 15 is 0 Å². The van der Waals surface area contributed by atoms with E-state index in [0.717, 1.165) is 11.5 Å². The monoisotopic (exact) mass is 495 g/mol. The largest absolute Gasteiger partial charge is 2.00 e. The van der Waals surface area contributed by atoms with E-state index in [0.29, 0.717) is 6.61 Å². The molecule has 0 aromatic heterocycles. The molecule has 0 spiro atoms. The van der Waals surface area contributed by atoms with Crippen LogP contribution in [0.1, 0.15) is 26.3 Å². The summed E-state index contributed by atoms with van der Waals surface area (Å²) in [5, 5.41) is 4.00. The minimum atomic E-state index is -0.649. The first-order valence-corrected chi connectivity index (χ1v) is 12.4. The van der Waals surface area contributed by atoms with Crippen LogP contribution in [0.3, 0.4) is 0 Å². The van der Waals surface area contributed by atoms with Gasteiger partial charge in [-0.1, -0.05) is 87.0 Å². The van der Waals surface area contributed by atoms with Gasteiger partial charge in [0.05, 0.1) is 6.04 Å². The number of nitrogens with zero attached hydrogens (tertiary/aromatic N) is 1. The minimum absolute atomic E-state index is 0. The van der Waals surface area contributed by atoms with Crippen molar-refractivity contribution in [3.05, 3.63) is 115 Å². The number of benzene rings is 2. The third kappa shape index (κ3) is 6.33. The molecule has 0 saturated carbocycles. The minimum Gasteiger partial charge on any atom is -0.485 e. The molecule has 4 aromatic rings. The van der Waals surface area contributed by atoms with E-state index in [2.05, 4.69) is 99.6 Å². The zero-order valence-corrected chi connectivity index (χ0v) is 21.3. The summed E-state index contributed by atoms with van der Waals surface area (Å²) in [6, 6.07) is 38.3. The molecular formula is C29H30FeNOP. The van der Waals surface area contributed by atoms with Crippen LogP contribution in [0.4, 0.5) is 0 Å². The number of aliphatic imine (C=N–C) groups is 1. The molecule has 1 heterocycles. The van der Waals surface area contributed by atoms with Crippen molar-refractivity contribution in [1.82, 2.24) is 0 Å². The number of hydrogen-bond acceptors (Lipinski definition) is 2. The first-order chi connectivity index (χ1) is 15.5. The van der Waals surface area contributed by atoms with Crippen LogP contribution >= 0.6 is 7.92 Å². The normalized spacial score (nSPS) is 15.2.